The third-order valence-corrected chi connectivity index (χ3v) is 3.32. The molecule has 0 amide bonds. The first-order valence-corrected chi connectivity index (χ1v) is 6.14. The highest BCUT2D eigenvalue weighted by molar-refractivity contribution is 14.0. The van der Waals surface area contributed by atoms with E-state index in [4.69, 9.17) is 4.74 Å². The number of hydrogen-bond acceptors (Lipinski definition) is 2. The zero-order valence-corrected chi connectivity index (χ0v) is 13.5. The van der Waals surface area contributed by atoms with E-state index in [1.807, 2.05) is 0 Å². The Kier molecular flexibility index (Phi) is 8.94. The molecule has 1 rings (SSSR count). The highest BCUT2D eigenvalue weighted by Gasteiger charge is 2.28. The Morgan fingerprint density at radius 1 is 1.29 bits per heavy atom. The minimum absolute atomic E-state index is 0. The maximum Gasteiger partial charge on any atom is 0.191 e. The van der Waals surface area contributed by atoms with Crippen molar-refractivity contribution in [2.24, 2.45) is 10.4 Å². The molecule has 0 saturated heterocycles. The molecule has 102 valence electrons. The Morgan fingerprint density at radius 3 is 2.47 bits per heavy atom. The Bertz CT molecular complexity index is 228. The Balaban J connectivity index is 0.00000256. The van der Waals surface area contributed by atoms with Gasteiger partial charge in [0.15, 0.2) is 5.96 Å². The molecule has 17 heavy (non-hydrogen) atoms. The van der Waals surface area contributed by atoms with Gasteiger partial charge >= 0.3 is 0 Å². The molecule has 0 aliphatic heterocycles. The van der Waals surface area contributed by atoms with Gasteiger partial charge in [-0.2, -0.15) is 0 Å². The standard InChI is InChI=1S/C12H25N3O.HI/c1-12(6-4-5-7-12)10-15-11(13-2)14-8-9-16-3;/h4-10H2,1-3H3,(H2,13,14,15);1H. The summed E-state index contributed by atoms with van der Waals surface area (Å²) in [5.74, 6) is 0.880. The van der Waals surface area contributed by atoms with E-state index >= 15 is 0 Å². The summed E-state index contributed by atoms with van der Waals surface area (Å²) in [4.78, 5) is 4.19. The number of nitrogens with one attached hydrogen (secondary N) is 2. The molecule has 1 fully saturated rings. The van der Waals surface area contributed by atoms with Gasteiger partial charge in [0.05, 0.1) is 6.61 Å². The van der Waals surface area contributed by atoms with E-state index < -0.39 is 0 Å². The van der Waals surface area contributed by atoms with Crippen molar-refractivity contribution in [2.75, 3.05) is 33.9 Å². The van der Waals surface area contributed by atoms with Crippen molar-refractivity contribution in [3.8, 4) is 0 Å². The molecule has 1 saturated carbocycles. The number of rotatable bonds is 5. The lowest BCUT2D eigenvalue weighted by Gasteiger charge is -2.25. The first-order valence-electron chi connectivity index (χ1n) is 6.14. The second kappa shape index (κ2) is 8.97. The predicted octanol–water partition coefficient (Wildman–Crippen LogP) is 2.00. The Morgan fingerprint density at radius 2 is 1.94 bits per heavy atom. The van der Waals surface area contributed by atoms with Gasteiger partial charge in [0.1, 0.15) is 0 Å². The van der Waals surface area contributed by atoms with Crippen LogP contribution in [0.5, 0.6) is 0 Å². The quantitative estimate of drug-likeness (QED) is 0.343. The zero-order valence-electron chi connectivity index (χ0n) is 11.2. The van der Waals surface area contributed by atoms with Crippen molar-refractivity contribution in [3.63, 3.8) is 0 Å². The normalized spacial score (nSPS) is 18.6. The number of ether oxygens (including phenoxy) is 1. The molecule has 2 N–H and O–H groups in total. The fourth-order valence-corrected chi connectivity index (χ4v) is 2.19. The minimum atomic E-state index is 0. The molecule has 0 unspecified atom stereocenters. The van der Waals surface area contributed by atoms with Crippen LogP contribution >= 0.6 is 24.0 Å². The first kappa shape index (κ1) is 17.0. The lowest BCUT2D eigenvalue weighted by molar-refractivity contribution is 0.203. The molecule has 0 atom stereocenters. The van der Waals surface area contributed by atoms with Gasteiger partial charge in [0.2, 0.25) is 0 Å². The summed E-state index contributed by atoms with van der Waals surface area (Å²) in [7, 11) is 3.51. The molecule has 0 bridgehead atoms. The minimum Gasteiger partial charge on any atom is -0.383 e. The van der Waals surface area contributed by atoms with Crippen molar-refractivity contribution in [2.45, 2.75) is 32.6 Å². The zero-order chi connectivity index (χ0) is 11.9. The summed E-state index contributed by atoms with van der Waals surface area (Å²) < 4.78 is 4.99. The van der Waals surface area contributed by atoms with Gasteiger partial charge in [-0.25, -0.2) is 0 Å². The summed E-state index contributed by atoms with van der Waals surface area (Å²) in [5, 5.41) is 6.62. The van der Waals surface area contributed by atoms with E-state index in [0.29, 0.717) is 12.0 Å². The topological polar surface area (TPSA) is 45.7 Å². The lowest BCUT2D eigenvalue weighted by atomic mass is 9.89. The molecule has 1 aliphatic carbocycles. The summed E-state index contributed by atoms with van der Waals surface area (Å²) in [6.45, 7) is 4.87. The Hall–Kier alpha value is -0.0400. The van der Waals surface area contributed by atoms with Crippen LogP contribution in [0.2, 0.25) is 0 Å². The predicted molar refractivity (Wildman–Crippen MR) is 83.2 cm³/mol. The highest BCUT2D eigenvalue weighted by atomic mass is 127. The largest absolute Gasteiger partial charge is 0.383 e. The van der Waals surface area contributed by atoms with Crippen LogP contribution in [-0.2, 0) is 4.74 Å². The molecule has 0 radical (unpaired) electrons. The van der Waals surface area contributed by atoms with E-state index in [2.05, 4.69) is 22.5 Å². The molecule has 0 spiro atoms. The molecular weight excluding hydrogens is 329 g/mol. The average molecular weight is 355 g/mol. The van der Waals surface area contributed by atoms with Crippen LogP contribution in [0.4, 0.5) is 0 Å². The van der Waals surface area contributed by atoms with Gasteiger partial charge in [0.25, 0.3) is 0 Å². The van der Waals surface area contributed by atoms with Crippen LogP contribution in [0.15, 0.2) is 4.99 Å². The summed E-state index contributed by atoms with van der Waals surface area (Å²) >= 11 is 0. The molecule has 1 aliphatic rings. The van der Waals surface area contributed by atoms with Crippen LogP contribution in [0.1, 0.15) is 32.6 Å². The number of aliphatic imine (C=N–C) groups is 1. The van der Waals surface area contributed by atoms with E-state index in [1.54, 1.807) is 14.2 Å². The third-order valence-electron chi connectivity index (χ3n) is 3.32. The maximum atomic E-state index is 4.99. The summed E-state index contributed by atoms with van der Waals surface area (Å²) in [6.07, 6.45) is 5.39. The number of nitrogens with zero attached hydrogens (tertiary/aromatic N) is 1. The van der Waals surface area contributed by atoms with Crippen molar-refractivity contribution in [1.29, 1.82) is 0 Å². The van der Waals surface area contributed by atoms with Crippen LogP contribution in [0.3, 0.4) is 0 Å². The van der Waals surface area contributed by atoms with Gasteiger partial charge in [-0.15, -0.1) is 24.0 Å². The monoisotopic (exact) mass is 355 g/mol. The lowest BCUT2D eigenvalue weighted by Crippen LogP contribution is -2.43. The number of hydrogen-bond donors (Lipinski definition) is 2. The number of methoxy groups -OCH3 is 1. The van der Waals surface area contributed by atoms with Gasteiger partial charge in [-0.3, -0.25) is 4.99 Å². The molecule has 0 aromatic heterocycles. The van der Waals surface area contributed by atoms with Gasteiger partial charge in [-0.05, 0) is 18.3 Å². The van der Waals surface area contributed by atoms with E-state index in [1.165, 1.54) is 25.7 Å². The van der Waals surface area contributed by atoms with Gasteiger partial charge in [0, 0.05) is 27.2 Å². The summed E-state index contributed by atoms with van der Waals surface area (Å²) in [6, 6.07) is 0. The van der Waals surface area contributed by atoms with Crippen molar-refractivity contribution in [3.05, 3.63) is 0 Å². The van der Waals surface area contributed by atoms with Gasteiger partial charge in [-0.1, -0.05) is 19.8 Å². The van der Waals surface area contributed by atoms with E-state index in [9.17, 15) is 0 Å². The summed E-state index contributed by atoms with van der Waals surface area (Å²) in [5.41, 5.74) is 0.457. The second-order valence-electron chi connectivity index (χ2n) is 4.86. The van der Waals surface area contributed by atoms with Crippen molar-refractivity contribution in [1.82, 2.24) is 10.6 Å². The fraction of sp³-hybridized carbons (Fsp3) is 0.917. The van der Waals surface area contributed by atoms with E-state index in [0.717, 1.165) is 19.0 Å². The molecule has 5 heteroatoms. The molecule has 0 aromatic carbocycles. The van der Waals surface area contributed by atoms with E-state index in [-0.39, 0.29) is 24.0 Å². The second-order valence-corrected chi connectivity index (χ2v) is 4.86. The number of halogens is 1. The van der Waals surface area contributed by atoms with Crippen LogP contribution in [0.25, 0.3) is 0 Å². The SMILES string of the molecule is CN=C(NCCOC)NCC1(C)CCCC1.I. The smallest absolute Gasteiger partial charge is 0.191 e. The van der Waals surface area contributed by atoms with Crippen molar-refractivity contribution >= 4 is 29.9 Å². The average Bonchev–Trinajstić information content (AvgIpc) is 2.71. The van der Waals surface area contributed by atoms with Crippen molar-refractivity contribution < 1.29 is 4.74 Å². The maximum absolute atomic E-state index is 4.99. The molecule has 0 heterocycles. The van der Waals surface area contributed by atoms with Crippen LogP contribution < -0.4 is 10.6 Å². The van der Waals surface area contributed by atoms with Crippen LogP contribution in [-0.4, -0.2) is 39.8 Å². The number of guanidine groups is 1. The molecular formula is C12H26IN3O. The molecule has 0 aromatic rings. The van der Waals surface area contributed by atoms with Gasteiger partial charge < -0.3 is 15.4 Å². The third kappa shape index (κ3) is 6.45. The first-order chi connectivity index (χ1) is 7.70. The highest BCUT2D eigenvalue weighted by Crippen LogP contribution is 2.36. The Labute approximate surface area is 122 Å². The molecule has 4 nitrogen and oxygen atoms in total. The fourth-order valence-electron chi connectivity index (χ4n) is 2.19. The van der Waals surface area contributed by atoms with Crippen LogP contribution in [0, 0.1) is 5.41 Å².